The Morgan fingerprint density at radius 1 is 0.864 bits per heavy atom. The Morgan fingerprint density at radius 2 is 1.27 bits per heavy atom. The van der Waals surface area contributed by atoms with Gasteiger partial charge in [-0.15, -0.1) is 0 Å². The lowest BCUT2D eigenvalue weighted by Crippen LogP contribution is -2.13. The molecule has 6 nitrogen and oxygen atoms in total. The summed E-state index contributed by atoms with van der Waals surface area (Å²) in [6.07, 6.45) is 0. The van der Waals surface area contributed by atoms with Crippen molar-refractivity contribution in [2.75, 3.05) is 11.5 Å². The van der Waals surface area contributed by atoms with Gasteiger partial charge in [0.2, 0.25) is 0 Å². The summed E-state index contributed by atoms with van der Waals surface area (Å²) in [6, 6.07) is 9.69. The Hall–Kier alpha value is -2.06. The first-order valence-electron chi connectivity index (χ1n) is 5.85. The normalized spacial score (nSPS) is 9.55. The van der Waals surface area contributed by atoms with E-state index in [-0.39, 0.29) is 11.3 Å². The molecule has 0 saturated carbocycles. The molecular weight excluding hydrogens is 418 g/mol. The second kappa shape index (κ2) is 7.81. The smallest absolute Gasteiger partial charge is 0.337 e. The maximum atomic E-state index is 10.7. The van der Waals surface area contributed by atoms with Crippen LogP contribution in [0.2, 0.25) is 0 Å². The molecule has 0 unspecified atom stereocenters. The fraction of sp³-hybridized carbons (Fsp3) is 0. The molecule has 0 aromatic heterocycles. The zero-order chi connectivity index (χ0) is 16.9. The summed E-state index contributed by atoms with van der Waals surface area (Å²) in [6.45, 7) is 0. The van der Waals surface area contributed by atoms with Crippen LogP contribution >= 0.6 is 31.9 Å². The van der Waals surface area contributed by atoms with Crippen LogP contribution in [0.4, 0.5) is 11.4 Å². The van der Waals surface area contributed by atoms with E-state index in [0.29, 0.717) is 15.7 Å². The van der Waals surface area contributed by atoms with Gasteiger partial charge in [-0.05, 0) is 36.4 Å². The molecule has 116 valence electrons. The third-order valence-corrected chi connectivity index (χ3v) is 3.51. The molecule has 0 aliphatic heterocycles. The van der Waals surface area contributed by atoms with Gasteiger partial charge in [-0.3, -0.25) is 4.79 Å². The van der Waals surface area contributed by atoms with Crippen LogP contribution in [0, 0.1) is 0 Å². The van der Waals surface area contributed by atoms with E-state index >= 15 is 0 Å². The molecule has 0 heterocycles. The minimum Gasteiger partial charge on any atom is -0.478 e. The maximum Gasteiger partial charge on any atom is 0.337 e. The molecule has 22 heavy (non-hydrogen) atoms. The Bertz CT molecular complexity index is 659. The average molecular weight is 431 g/mol. The fourth-order valence-corrected chi connectivity index (χ4v) is 2.18. The highest BCUT2D eigenvalue weighted by atomic mass is 79.9. The number of aromatic carboxylic acids is 1. The quantitative estimate of drug-likeness (QED) is 0.543. The Kier molecular flexibility index (Phi) is 6.39. The van der Waals surface area contributed by atoms with Crippen molar-refractivity contribution in [3.05, 3.63) is 56.5 Å². The molecule has 0 aliphatic carbocycles. The third-order valence-electron chi connectivity index (χ3n) is 2.53. The summed E-state index contributed by atoms with van der Waals surface area (Å²) in [5.74, 6) is -1.52. The van der Waals surface area contributed by atoms with Crippen LogP contribution in [0.5, 0.6) is 0 Å². The number of hydrogen-bond acceptors (Lipinski definition) is 4. The molecule has 8 heteroatoms. The second-order valence-corrected chi connectivity index (χ2v) is 5.96. The number of nitrogens with two attached hydrogens (primary N) is 3. The SMILES string of the molecule is NC(=O)c1cc(Br)ccc1N.Nc1ccc(Br)cc1C(=O)O. The summed E-state index contributed by atoms with van der Waals surface area (Å²) in [5.41, 5.74) is 17.1. The van der Waals surface area contributed by atoms with Crippen LogP contribution in [-0.4, -0.2) is 17.0 Å². The van der Waals surface area contributed by atoms with Crippen LogP contribution < -0.4 is 17.2 Å². The topological polar surface area (TPSA) is 132 Å². The van der Waals surface area contributed by atoms with Crippen LogP contribution in [0.3, 0.4) is 0 Å². The highest BCUT2D eigenvalue weighted by Gasteiger charge is 2.06. The van der Waals surface area contributed by atoms with Crippen molar-refractivity contribution in [2.45, 2.75) is 0 Å². The standard InChI is InChI=1S/C7H7BrN2O.C7H6BrNO2/c2*8-4-1-2-6(9)5(3-4)7(10)11/h1-3H,9H2,(H2,10,11);1-3H,9H2,(H,10,11). The fourth-order valence-electron chi connectivity index (χ4n) is 1.46. The van der Waals surface area contributed by atoms with E-state index in [9.17, 15) is 9.59 Å². The lowest BCUT2D eigenvalue weighted by Gasteiger charge is -2.00. The minimum atomic E-state index is -1.01. The molecule has 0 aliphatic rings. The molecule has 2 aromatic rings. The van der Waals surface area contributed by atoms with Crippen LogP contribution in [0.1, 0.15) is 20.7 Å². The van der Waals surface area contributed by atoms with Gasteiger partial charge in [0, 0.05) is 20.3 Å². The van der Waals surface area contributed by atoms with E-state index in [0.717, 1.165) is 4.47 Å². The van der Waals surface area contributed by atoms with E-state index in [1.807, 2.05) is 0 Å². The van der Waals surface area contributed by atoms with E-state index < -0.39 is 11.9 Å². The van der Waals surface area contributed by atoms with Gasteiger partial charge in [-0.25, -0.2) is 4.79 Å². The molecule has 2 aromatic carbocycles. The largest absolute Gasteiger partial charge is 0.478 e. The van der Waals surface area contributed by atoms with Crippen molar-refractivity contribution >= 4 is 55.1 Å². The van der Waals surface area contributed by atoms with Crippen molar-refractivity contribution in [1.29, 1.82) is 0 Å². The molecule has 0 atom stereocenters. The van der Waals surface area contributed by atoms with E-state index in [2.05, 4.69) is 31.9 Å². The molecule has 1 amide bonds. The molecule has 0 fully saturated rings. The number of carboxylic acid groups (broad SMARTS) is 1. The molecule has 0 radical (unpaired) electrons. The minimum absolute atomic E-state index is 0.124. The predicted octanol–water partition coefficient (Wildman–Crippen LogP) is 2.86. The molecule has 0 bridgehead atoms. The summed E-state index contributed by atoms with van der Waals surface area (Å²) in [7, 11) is 0. The maximum absolute atomic E-state index is 10.7. The Morgan fingerprint density at radius 3 is 1.59 bits per heavy atom. The summed E-state index contributed by atoms with van der Waals surface area (Å²) < 4.78 is 1.50. The zero-order valence-corrected chi connectivity index (χ0v) is 14.4. The number of carbonyl (C=O) groups excluding carboxylic acids is 1. The monoisotopic (exact) mass is 429 g/mol. The van der Waals surface area contributed by atoms with Crippen molar-refractivity contribution in [3.63, 3.8) is 0 Å². The number of benzene rings is 2. The number of nitrogen functional groups attached to an aromatic ring is 2. The summed E-state index contributed by atoms with van der Waals surface area (Å²) in [4.78, 5) is 21.2. The number of hydrogen-bond donors (Lipinski definition) is 4. The van der Waals surface area contributed by atoms with E-state index in [1.165, 1.54) is 6.07 Å². The Balaban J connectivity index is 0.000000220. The number of carboxylic acids is 1. The highest BCUT2D eigenvalue weighted by molar-refractivity contribution is 9.10. The van der Waals surface area contributed by atoms with Crippen molar-refractivity contribution in [3.8, 4) is 0 Å². The lowest BCUT2D eigenvalue weighted by molar-refractivity contribution is 0.0697. The number of anilines is 2. The van der Waals surface area contributed by atoms with Crippen molar-refractivity contribution < 1.29 is 14.7 Å². The molecule has 2 rings (SSSR count). The zero-order valence-electron chi connectivity index (χ0n) is 11.2. The first kappa shape index (κ1) is 18.0. The van der Waals surface area contributed by atoms with Crippen LogP contribution in [0.15, 0.2) is 45.3 Å². The Labute approximate surface area is 143 Å². The van der Waals surface area contributed by atoms with Gasteiger partial charge in [0.15, 0.2) is 0 Å². The number of rotatable bonds is 2. The molecule has 0 spiro atoms. The van der Waals surface area contributed by atoms with E-state index in [4.69, 9.17) is 22.3 Å². The summed E-state index contributed by atoms with van der Waals surface area (Å²) >= 11 is 6.35. The van der Waals surface area contributed by atoms with E-state index in [1.54, 1.807) is 30.3 Å². The highest BCUT2D eigenvalue weighted by Crippen LogP contribution is 2.18. The van der Waals surface area contributed by atoms with Gasteiger partial charge < -0.3 is 22.3 Å². The molecular formula is C14H13Br2N3O3. The van der Waals surface area contributed by atoms with Gasteiger partial charge in [0.05, 0.1) is 11.1 Å². The molecule has 0 saturated heterocycles. The first-order valence-corrected chi connectivity index (χ1v) is 7.44. The van der Waals surface area contributed by atoms with Crippen molar-refractivity contribution in [1.82, 2.24) is 0 Å². The van der Waals surface area contributed by atoms with Gasteiger partial charge in [0.1, 0.15) is 0 Å². The van der Waals surface area contributed by atoms with Gasteiger partial charge in [-0.2, -0.15) is 0 Å². The second-order valence-electron chi connectivity index (χ2n) is 4.13. The lowest BCUT2D eigenvalue weighted by atomic mass is 10.2. The van der Waals surface area contributed by atoms with Crippen molar-refractivity contribution in [2.24, 2.45) is 5.73 Å². The molecule has 7 N–H and O–H groups in total. The van der Waals surface area contributed by atoms with Gasteiger partial charge in [0.25, 0.3) is 5.91 Å². The third kappa shape index (κ3) is 5.05. The number of halogens is 2. The number of primary amides is 1. The average Bonchev–Trinajstić information content (AvgIpc) is 2.44. The van der Waals surface area contributed by atoms with Gasteiger partial charge in [-0.1, -0.05) is 31.9 Å². The number of amides is 1. The van der Waals surface area contributed by atoms with Crippen LogP contribution in [-0.2, 0) is 0 Å². The van der Waals surface area contributed by atoms with Crippen LogP contribution in [0.25, 0.3) is 0 Å². The number of carbonyl (C=O) groups is 2. The predicted molar refractivity (Wildman–Crippen MR) is 92.6 cm³/mol. The van der Waals surface area contributed by atoms with Gasteiger partial charge >= 0.3 is 5.97 Å². The first-order chi connectivity index (χ1) is 10.2. The summed E-state index contributed by atoms with van der Waals surface area (Å²) in [5, 5.41) is 8.59.